The molecule has 0 saturated carbocycles. The summed E-state index contributed by atoms with van der Waals surface area (Å²) in [6, 6.07) is 37.7. The highest BCUT2D eigenvalue weighted by atomic mass is 16.7. The van der Waals surface area contributed by atoms with Gasteiger partial charge in [0, 0.05) is 12.3 Å². The van der Waals surface area contributed by atoms with Crippen LogP contribution < -0.4 is 4.74 Å². The van der Waals surface area contributed by atoms with Crippen molar-refractivity contribution in [2.75, 3.05) is 6.61 Å². The van der Waals surface area contributed by atoms with E-state index < -0.39 is 18.5 Å². The maximum absolute atomic E-state index is 10.2. The van der Waals surface area contributed by atoms with Crippen LogP contribution in [0, 0.1) is 0 Å². The van der Waals surface area contributed by atoms with Crippen LogP contribution in [0.5, 0.6) is 5.75 Å². The first-order valence-corrected chi connectivity index (χ1v) is 12.1. The Balaban J connectivity index is 1.55. The van der Waals surface area contributed by atoms with Gasteiger partial charge >= 0.3 is 0 Å². The summed E-state index contributed by atoms with van der Waals surface area (Å²) in [5.41, 5.74) is 5.89. The third-order valence-electron chi connectivity index (χ3n) is 6.48. The summed E-state index contributed by atoms with van der Waals surface area (Å²) in [5.74, 6) is 0.733. The van der Waals surface area contributed by atoms with E-state index in [-0.39, 0.29) is 12.5 Å². The van der Waals surface area contributed by atoms with Gasteiger partial charge in [0.25, 0.3) is 0 Å². The van der Waals surface area contributed by atoms with Crippen LogP contribution in [0.15, 0.2) is 109 Å². The van der Waals surface area contributed by atoms with Gasteiger partial charge in [0.2, 0.25) is 6.29 Å². The van der Waals surface area contributed by atoms with E-state index in [0.29, 0.717) is 12.2 Å². The van der Waals surface area contributed by atoms with Crippen molar-refractivity contribution >= 4 is 0 Å². The Labute approximate surface area is 206 Å². The van der Waals surface area contributed by atoms with Crippen molar-refractivity contribution < 1.29 is 19.7 Å². The lowest BCUT2D eigenvalue weighted by Crippen LogP contribution is -2.24. The molecule has 1 unspecified atom stereocenters. The second kappa shape index (κ2) is 10.9. The van der Waals surface area contributed by atoms with Crippen LogP contribution in [0.3, 0.4) is 0 Å². The van der Waals surface area contributed by atoms with Gasteiger partial charge in [0.15, 0.2) is 0 Å². The minimum Gasteiger partial charge on any atom is -0.465 e. The number of hydrogen-bond donors (Lipinski definition) is 2. The first-order chi connectivity index (χ1) is 17.2. The Morgan fingerprint density at radius 2 is 1.34 bits per heavy atom. The Bertz CT molecular complexity index is 1170. The largest absolute Gasteiger partial charge is 0.465 e. The number of aliphatic hydroxyl groups excluding tert-OH is 2. The smallest absolute Gasteiger partial charge is 0.202 e. The van der Waals surface area contributed by atoms with Gasteiger partial charge in [0.1, 0.15) is 11.9 Å². The Hall–Kier alpha value is -3.44. The summed E-state index contributed by atoms with van der Waals surface area (Å²) in [6.07, 6.45) is -0.862. The van der Waals surface area contributed by atoms with E-state index in [1.807, 2.05) is 24.3 Å². The van der Waals surface area contributed by atoms with Gasteiger partial charge in [-0.3, -0.25) is 0 Å². The average Bonchev–Trinajstić information content (AvgIpc) is 3.25. The summed E-state index contributed by atoms with van der Waals surface area (Å²) >= 11 is 0. The molecule has 0 aromatic heterocycles. The topological polar surface area (TPSA) is 58.9 Å². The van der Waals surface area contributed by atoms with Crippen LogP contribution in [0.1, 0.15) is 40.2 Å². The summed E-state index contributed by atoms with van der Waals surface area (Å²) in [6.45, 7) is -0.232. The van der Waals surface area contributed by atoms with Crippen LogP contribution in [0.2, 0.25) is 0 Å². The van der Waals surface area contributed by atoms with Gasteiger partial charge in [-0.05, 0) is 46.4 Å². The van der Waals surface area contributed by atoms with Gasteiger partial charge in [-0.2, -0.15) is 0 Å². The fourth-order valence-electron chi connectivity index (χ4n) is 4.81. The van der Waals surface area contributed by atoms with Gasteiger partial charge in [-0.1, -0.05) is 97.1 Å². The highest BCUT2D eigenvalue weighted by molar-refractivity contribution is 5.48. The third kappa shape index (κ3) is 5.63. The molecule has 0 bridgehead atoms. The first kappa shape index (κ1) is 23.3. The number of rotatable bonds is 8. The van der Waals surface area contributed by atoms with Gasteiger partial charge in [-0.25, -0.2) is 0 Å². The van der Waals surface area contributed by atoms with E-state index in [2.05, 4.69) is 84.9 Å². The van der Waals surface area contributed by atoms with Crippen LogP contribution in [0.25, 0.3) is 0 Å². The molecule has 2 N–H and O–H groups in total. The summed E-state index contributed by atoms with van der Waals surface area (Å²) < 4.78 is 12.0. The molecule has 4 nitrogen and oxygen atoms in total. The zero-order valence-electron chi connectivity index (χ0n) is 19.5. The lowest BCUT2D eigenvalue weighted by Gasteiger charge is -2.22. The molecule has 0 radical (unpaired) electrons. The van der Waals surface area contributed by atoms with Gasteiger partial charge in [0.05, 0.1) is 12.7 Å². The first-order valence-electron chi connectivity index (χ1n) is 12.1. The zero-order valence-corrected chi connectivity index (χ0v) is 19.5. The zero-order chi connectivity index (χ0) is 24.0. The highest BCUT2D eigenvalue weighted by Crippen LogP contribution is 2.36. The molecular formula is C31H30O4. The van der Waals surface area contributed by atoms with E-state index >= 15 is 0 Å². The SMILES string of the molecule is OC[C@H]1OC(Oc2cc(Cc3ccccc3)cc(C(c3ccccc3)c3ccccc3)c2)C[C@H]1O. The molecule has 1 fully saturated rings. The van der Waals surface area contributed by atoms with Crippen molar-refractivity contribution in [3.8, 4) is 5.75 Å². The molecule has 35 heavy (non-hydrogen) atoms. The third-order valence-corrected chi connectivity index (χ3v) is 6.48. The number of aliphatic hydroxyl groups is 2. The molecule has 0 aliphatic carbocycles. The molecule has 5 rings (SSSR count). The molecule has 4 aromatic carbocycles. The van der Waals surface area contributed by atoms with E-state index in [9.17, 15) is 10.2 Å². The molecular weight excluding hydrogens is 436 g/mol. The molecule has 1 aliphatic heterocycles. The molecule has 1 heterocycles. The fraction of sp³-hybridized carbons (Fsp3) is 0.226. The van der Waals surface area contributed by atoms with Crippen LogP contribution >= 0.6 is 0 Å². The Kier molecular flexibility index (Phi) is 7.24. The van der Waals surface area contributed by atoms with E-state index in [1.165, 1.54) is 16.7 Å². The standard InChI is InChI=1S/C31H30O4/c32-21-29-28(33)20-30(35-29)34-27-18-23(16-22-10-4-1-5-11-22)17-26(19-27)31(24-12-6-2-7-13-24)25-14-8-3-9-15-25/h1-15,17-19,28-33H,16,20-21H2/t28-,29-,30?/m1/s1. The maximum Gasteiger partial charge on any atom is 0.202 e. The molecule has 3 atom stereocenters. The predicted molar refractivity (Wildman–Crippen MR) is 137 cm³/mol. The molecule has 0 spiro atoms. The van der Waals surface area contributed by atoms with Crippen molar-refractivity contribution in [2.24, 2.45) is 0 Å². The van der Waals surface area contributed by atoms with E-state index in [0.717, 1.165) is 17.5 Å². The second-order valence-electron chi connectivity index (χ2n) is 9.03. The maximum atomic E-state index is 10.2. The summed E-state index contributed by atoms with van der Waals surface area (Å²) in [5, 5.41) is 19.6. The summed E-state index contributed by atoms with van der Waals surface area (Å²) in [4.78, 5) is 0. The molecule has 4 heteroatoms. The molecule has 4 aromatic rings. The molecule has 1 saturated heterocycles. The molecule has 0 amide bonds. The average molecular weight is 467 g/mol. The second-order valence-corrected chi connectivity index (χ2v) is 9.03. The lowest BCUT2D eigenvalue weighted by atomic mass is 9.84. The van der Waals surface area contributed by atoms with Crippen molar-refractivity contribution in [3.63, 3.8) is 0 Å². The minimum atomic E-state index is -0.738. The minimum absolute atomic E-state index is 0.0377. The van der Waals surface area contributed by atoms with Crippen LogP contribution in [-0.2, 0) is 11.2 Å². The predicted octanol–water partition coefficient (Wildman–Crippen LogP) is 5.30. The molecule has 178 valence electrons. The normalized spacial score (nSPS) is 19.7. The van der Waals surface area contributed by atoms with Crippen LogP contribution in [0.4, 0.5) is 0 Å². The van der Waals surface area contributed by atoms with Crippen molar-refractivity contribution in [2.45, 2.75) is 37.3 Å². The number of ether oxygens (including phenoxy) is 2. The quantitative estimate of drug-likeness (QED) is 0.346. The Morgan fingerprint density at radius 3 is 1.91 bits per heavy atom. The van der Waals surface area contributed by atoms with Gasteiger partial charge in [-0.15, -0.1) is 0 Å². The monoisotopic (exact) mass is 466 g/mol. The van der Waals surface area contributed by atoms with Gasteiger partial charge < -0.3 is 19.7 Å². The van der Waals surface area contributed by atoms with Crippen molar-refractivity contribution in [3.05, 3.63) is 137 Å². The van der Waals surface area contributed by atoms with Crippen LogP contribution in [-0.4, -0.2) is 35.3 Å². The number of benzene rings is 4. The van der Waals surface area contributed by atoms with E-state index in [1.54, 1.807) is 0 Å². The Morgan fingerprint density at radius 1 is 0.743 bits per heavy atom. The molecule has 1 aliphatic rings. The fourth-order valence-corrected chi connectivity index (χ4v) is 4.81. The highest BCUT2D eigenvalue weighted by Gasteiger charge is 2.35. The van der Waals surface area contributed by atoms with Crippen molar-refractivity contribution in [1.82, 2.24) is 0 Å². The van der Waals surface area contributed by atoms with Crippen molar-refractivity contribution in [1.29, 1.82) is 0 Å². The summed E-state index contributed by atoms with van der Waals surface area (Å²) in [7, 11) is 0. The lowest BCUT2D eigenvalue weighted by molar-refractivity contribution is -0.0932. The number of hydrogen-bond acceptors (Lipinski definition) is 4. The van der Waals surface area contributed by atoms with E-state index in [4.69, 9.17) is 9.47 Å².